The number of unbranched alkanes of at least 4 members (excludes halogenated alkanes) is 1. The number of rotatable bonds is 9. The van der Waals surface area contributed by atoms with E-state index in [4.69, 9.17) is 16.7 Å². The quantitative estimate of drug-likeness (QED) is 0.269. The molecule has 0 bridgehead atoms. The van der Waals surface area contributed by atoms with Crippen LogP contribution in [0.1, 0.15) is 93.8 Å². The van der Waals surface area contributed by atoms with Crippen LogP contribution in [0.2, 0.25) is 0 Å². The number of aliphatic hydroxyl groups excluding tert-OH is 1. The number of allylic oxidation sites excluding steroid dienone is 2. The van der Waals surface area contributed by atoms with Crippen molar-refractivity contribution in [2.24, 2.45) is 11.8 Å². The summed E-state index contributed by atoms with van der Waals surface area (Å²) < 4.78 is 0. The van der Waals surface area contributed by atoms with Gasteiger partial charge in [0, 0.05) is 11.8 Å². The maximum atomic E-state index is 10.7. The number of carbonyl (C=O) groups is 1. The third-order valence-corrected chi connectivity index (χ3v) is 7.42. The van der Waals surface area contributed by atoms with Gasteiger partial charge in [0.25, 0.3) is 0 Å². The van der Waals surface area contributed by atoms with E-state index in [9.17, 15) is 9.90 Å². The van der Waals surface area contributed by atoms with Gasteiger partial charge in [0.05, 0.1) is 6.10 Å². The maximum Gasteiger partial charge on any atom is 0.303 e. The first-order valence-corrected chi connectivity index (χ1v) is 11.8. The first-order valence-electron chi connectivity index (χ1n) is 11.3. The highest BCUT2D eigenvalue weighted by atomic mass is 35.5. The van der Waals surface area contributed by atoms with E-state index in [1.54, 1.807) is 0 Å². The van der Waals surface area contributed by atoms with Crippen molar-refractivity contribution >= 4 is 17.6 Å². The van der Waals surface area contributed by atoms with E-state index in [0.29, 0.717) is 24.2 Å². The second-order valence-electron chi connectivity index (χ2n) is 8.87. The Morgan fingerprint density at radius 3 is 2.48 bits per heavy atom. The van der Waals surface area contributed by atoms with Gasteiger partial charge in [-0.3, -0.25) is 4.79 Å². The third kappa shape index (κ3) is 6.33. The summed E-state index contributed by atoms with van der Waals surface area (Å²) in [6, 6.07) is 8.64. The van der Waals surface area contributed by atoms with Crippen LogP contribution in [-0.4, -0.2) is 21.6 Å². The van der Waals surface area contributed by atoms with E-state index in [1.165, 1.54) is 24.8 Å². The van der Waals surface area contributed by atoms with Crippen LogP contribution in [0.3, 0.4) is 0 Å². The number of hydrogen-bond acceptors (Lipinski definition) is 2. The molecule has 29 heavy (non-hydrogen) atoms. The number of aliphatic hydroxyl groups is 1. The van der Waals surface area contributed by atoms with Crippen LogP contribution >= 0.6 is 11.6 Å². The van der Waals surface area contributed by atoms with Gasteiger partial charge < -0.3 is 10.2 Å². The molecule has 0 aromatic heterocycles. The molecule has 2 fully saturated rings. The van der Waals surface area contributed by atoms with E-state index in [1.807, 2.05) is 0 Å². The van der Waals surface area contributed by atoms with Crippen LogP contribution in [0, 0.1) is 11.8 Å². The van der Waals surface area contributed by atoms with Gasteiger partial charge in [0.2, 0.25) is 0 Å². The molecule has 2 saturated carbocycles. The van der Waals surface area contributed by atoms with Gasteiger partial charge in [0.1, 0.15) is 0 Å². The van der Waals surface area contributed by atoms with Gasteiger partial charge in [-0.2, -0.15) is 0 Å². The first-order chi connectivity index (χ1) is 14.1. The second-order valence-corrected chi connectivity index (χ2v) is 9.43. The fourth-order valence-electron chi connectivity index (χ4n) is 5.15. The minimum atomic E-state index is -0.730. The Hall–Kier alpha value is -1.32. The van der Waals surface area contributed by atoms with Crippen LogP contribution in [0.5, 0.6) is 0 Å². The molecule has 0 aliphatic heterocycles. The van der Waals surface area contributed by atoms with Crippen molar-refractivity contribution in [3.63, 3.8) is 0 Å². The molecule has 0 amide bonds. The largest absolute Gasteiger partial charge is 0.481 e. The molecule has 0 saturated heterocycles. The molecular formula is C25H35ClO3. The normalized spacial score (nSPS) is 26.8. The topological polar surface area (TPSA) is 57.5 Å². The summed E-state index contributed by atoms with van der Waals surface area (Å²) in [6.07, 6.45) is 14.8. The molecule has 3 rings (SSSR count). The van der Waals surface area contributed by atoms with Crippen molar-refractivity contribution in [1.29, 1.82) is 0 Å². The summed E-state index contributed by atoms with van der Waals surface area (Å²) in [5.41, 5.74) is 2.38. The highest BCUT2D eigenvalue weighted by molar-refractivity contribution is 6.21. The van der Waals surface area contributed by atoms with Crippen LogP contribution in [0.15, 0.2) is 36.4 Å². The zero-order chi connectivity index (χ0) is 20.6. The molecule has 1 aromatic rings. The Kier molecular flexibility index (Phi) is 8.62. The SMILES string of the molecule is O=C(O)CCCC=CC[C@H]1[C@H](Cl)CC[C@@H]1c1ccc(C(O)C2CCCCC2)cc1. The van der Waals surface area contributed by atoms with Crippen molar-refractivity contribution in [1.82, 2.24) is 0 Å². The zero-order valence-corrected chi connectivity index (χ0v) is 18.1. The Balaban J connectivity index is 1.56. The van der Waals surface area contributed by atoms with Crippen molar-refractivity contribution in [2.45, 2.75) is 88.0 Å². The number of alkyl halides is 1. The molecule has 4 atom stereocenters. The lowest BCUT2D eigenvalue weighted by Crippen LogP contribution is -2.16. The average molecular weight is 419 g/mol. The Labute approximate surface area is 180 Å². The van der Waals surface area contributed by atoms with E-state index in [-0.39, 0.29) is 17.9 Å². The predicted octanol–water partition coefficient (Wildman–Crippen LogP) is 6.60. The Morgan fingerprint density at radius 1 is 1.07 bits per heavy atom. The molecule has 2 aliphatic carbocycles. The monoisotopic (exact) mass is 418 g/mol. The number of carboxylic acids is 1. The lowest BCUT2D eigenvalue weighted by molar-refractivity contribution is -0.137. The van der Waals surface area contributed by atoms with Crippen molar-refractivity contribution in [2.75, 3.05) is 0 Å². The van der Waals surface area contributed by atoms with E-state index < -0.39 is 5.97 Å². The lowest BCUT2D eigenvalue weighted by atomic mass is 9.81. The van der Waals surface area contributed by atoms with Crippen molar-refractivity contribution in [3.05, 3.63) is 47.5 Å². The fourth-order valence-corrected chi connectivity index (χ4v) is 5.55. The highest BCUT2D eigenvalue weighted by Crippen LogP contribution is 2.45. The fraction of sp³-hybridized carbons (Fsp3) is 0.640. The minimum Gasteiger partial charge on any atom is -0.481 e. The number of benzene rings is 1. The standard InChI is InChI=1S/C25H35ClO3/c26-23-17-16-21(22(23)10-6-1-2-7-11-24(27)28)18-12-14-20(15-13-18)25(29)19-8-4-3-5-9-19/h1,6,12-15,19,21-23,25,29H,2-5,7-11,16-17H2,(H,27,28)/t21-,22-,23-,25?/m1/s1. The van der Waals surface area contributed by atoms with E-state index in [0.717, 1.165) is 44.1 Å². The molecule has 4 heteroatoms. The van der Waals surface area contributed by atoms with Crippen LogP contribution < -0.4 is 0 Å². The molecule has 2 aliphatic rings. The van der Waals surface area contributed by atoms with Crippen LogP contribution in [0.25, 0.3) is 0 Å². The summed E-state index contributed by atoms with van der Waals surface area (Å²) in [5.74, 6) is 0.558. The predicted molar refractivity (Wildman–Crippen MR) is 118 cm³/mol. The average Bonchev–Trinajstić information content (AvgIpc) is 3.11. The Morgan fingerprint density at radius 2 is 1.79 bits per heavy atom. The van der Waals surface area contributed by atoms with Gasteiger partial charge >= 0.3 is 5.97 Å². The molecule has 0 heterocycles. The molecule has 0 radical (unpaired) electrons. The molecular weight excluding hydrogens is 384 g/mol. The van der Waals surface area contributed by atoms with Gasteiger partial charge in [0.15, 0.2) is 0 Å². The lowest BCUT2D eigenvalue weighted by Gasteiger charge is -2.27. The first kappa shape index (κ1) is 22.4. The summed E-state index contributed by atoms with van der Waals surface area (Å²) in [7, 11) is 0. The molecule has 2 N–H and O–H groups in total. The van der Waals surface area contributed by atoms with Crippen molar-refractivity contribution in [3.8, 4) is 0 Å². The van der Waals surface area contributed by atoms with Crippen LogP contribution in [0.4, 0.5) is 0 Å². The molecule has 160 valence electrons. The Bertz CT molecular complexity index is 663. The summed E-state index contributed by atoms with van der Waals surface area (Å²) in [5, 5.41) is 19.6. The molecule has 1 aromatic carbocycles. The summed E-state index contributed by atoms with van der Waals surface area (Å²) in [4.78, 5) is 10.6. The van der Waals surface area contributed by atoms with Gasteiger partial charge in [-0.25, -0.2) is 0 Å². The number of halogens is 1. The smallest absolute Gasteiger partial charge is 0.303 e. The second kappa shape index (κ2) is 11.2. The molecule has 1 unspecified atom stereocenters. The van der Waals surface area contributed by atoms with Crippen molar-refractivity contribution < 1.29 is 15.0 Å². The van der Waals surface area contributed by atoms with Gasteiger partial charge in [-0.15, -0.1) is 11.6 Å². The van der Waals surface area contributed by atoms with Crippen LogP contribution in [-0.2, 0) is 4.79 Å². The molecule has 0 spiro atoms. The highest BCUT2D eigenvalue weighted by Gasteiger charge is 2.35. The number of aliphatic carboxylic acids is 1. The van der Waals surface area contributed by atoms with E-state index >= 15 is 0 Å². The third-order valence-electron chi connectivity index (χ3n) is 6.87. The van der Waals surface area contributed by atoms with Gasteiger partial charge in [-0.05, 0) is 73.8 Å². The number of hydrogen-bond donors (Lipinski definition) is 2. The summed E-state index contributed by atoms with van der Waals surface area (Å²) in [6.45, 7) is 0. The number of carboxylic acid groups (broad SMARTS) is 1. The zero-order valence-electron chi connectivity index (χ0n) is 17.3. The minimum absolute atomic E-state index is 0.191. The van der Waals surface area contributed by atoms with Gasteiger partial charge in [-0.1, -0.05) is 55.7 Å². The maximum absolute atomic E-state index is 10.7. The molecule has 3 nitrogen and oxygen atoms in total. The van der Waals surface area contributed by atoms with E-state index in [2.05, 4.69) is 36.4 Å². The summed E-state index contributed by atoms with van der Waals surface area (Å²) >= 11 is 6.64.